The molecule has 0 radical (unpaired) electrons. The van der Waals surface area contributed by atoms with Crippen molar-refractivity contribution < 1.29 is 5.11 Å². The van der Waals surface area contributed by atoms with Crippen LogP contribution in [0.5, 0.6) is 0 Å². The van der Waals surface area contributed by atoms with E-state index in [1.165, 1.54) is 0 Å². The minimum Gasteiger partial charge on any atom is -0.388 e. The first-order valence-electron chi connectivity index (χ1n) is 6.26. The lowest BCUT2D eigenvalue weighted by Crippen LogP contribution is -2.07. The van der Waals surface area contributed by atoms with Gasteiger partial charge in [0.2, 0.25) is 0 Å². The molecule has 2 aromatic carbocycles. The van der Waals surface area contributed by atoms with Crippen molar-refractivity contribution in [3.63, 3.8) is 0 Å². The quantitative estimate of drug-likeness (QED) is 0.859. The van der Waals surface area contributed by atoms with Crippen LogP contribution in [0.3, 0.4) is 0 Å². The van der Waals surface area contributed by atoms with Crippen LogP contribution in [0.15, 0.2) is 54.6 Å². The largest absolute Gasteiger partial charge is 0.388 e. The molecule has 2 N–H and O–H groups in total. The standard InChI is InChI=1S/C16H16N2O/c17-12-13-5-4-8-15(11-13)18-10-9-16(19)14-6-2-1-3-7-14/h1-8,11,16,18-19H,9-10H2. The molecule has 1 atom stereocenters. The number of anilines is 1. The minimum absolute atomic E-state index is 0.465. The van der Waals surface area contributed by atoms with Gasteiger partial charge in [-0.15, -0.1) is 0 Å². The molecule has 96 valence electrons. The van der Waals surface area contributed by atoms with Gasteiger partial charge in [-0.05, 0) is 30.2 Å². The maximum atomic E-state index is 10.0. The molecule has 0 saturated carbocycles. The van der Waals surface area contributed by atoms with Crippen molar-refractivity contribution in [2.24, 2.45) is 0 Å². The second-order valence-corrected chi connectivity index (χ2v) is 4.33. The lowest BCUT2D eigenvalue weighted by Gasteiger charge is -2.12. The fourth-order valence-electron chi connectivity index (χ4n) is 1.89. The third-order valence-corrected chi connectivity index (χ3v) is 2.92. The average molecular weight is 252 g/mol. The molecule has 0 spiro atoms. The van der Waals surface area contributed by atoms with E-state index >= 15 is 0 Å². The van der Waals surface area contributed by atoms with Crippen molar-refractivity contribution in [1.29, 1.82) is 5.26 Å². The van der Waals surface area contributed by atoms with E-state index in [1.807, 2.05) is 42.5 Å². The van der Waals surface area contributed by atoms with E-state index in [0.717, 1.165) is 11.3 Å². The van der Waals surface area contributed by atoms with Crippen LogP contribution < -0.4 is 5.32 Å². The Bertz CT molecular complexity index is 560. The Kier molecular flexibility index (Phi) is 4.54. The summed E-state index contributed by atoms with van der Waals surface area (Å²) in [5.74, 6) is 0. The predicted molar refractivity (Wildman–Crippen MR) is 75.7 cm³/mol. The molecule has 0 saturated heterocycles. The smallest absolute Gasteiger partial charge is 0.0992 e. The highest BCUT2D eigenvalue weighted by molar-refractivity contribution is 5.49. The molecule has 0 aliphatic rings. The van der Waals surface area contributed by atoms with Gasteiger partial charge < -0.3 is 10.4 Å². The Balaban J connectivity index is 1.85. The van der Waals surface area contributed by atoms with Gasteiger partial charge in [0.15, 0.2) is 0 Å². The van der Waals surface area contributed by atoms with Crippen LogP contribution in [0.2, 0.25) is 0 Å². The highest BCUT2D eigenvalue weighted by Gasteiger charge is 2.05. The van der Waals surface area contributed by atoms with Crippen LogP contribution in [0.4, 0.5) is 5.69 Å². The first kappa shape index (κ1) is 13.1. The van der Waals surface area contributed by atoms with Gasteiger partial charge in [-0.2, -0.15) is 5.26 Å². The van der Waals surface area contributed by atoms with E-state index in [2.05, 4.69) is 11.4 Å². The van der Waals surface area contributed by atoms with Gasteiger partial charge in [-0.3, -0.25) is 0 Å². The SMILES string of the molecule is N#Cc1cccc(NCCC(O)c2ccccc2)c1. The number of nitrogens with zero attached hydrogens (tertiary/aromatic N) is 1. The molecule has 0 fully saturated rings. The predicted octanol–water partition coefficient (Wildman–Crippen LogP) is 3.09. The van der Waals surface area contributed by atoms with Gasteiger partial charge in [0.25, 0.3) is 0 Å². The molecule has 19 heavy (non-hydrogen) atoms. The maximum Gasteiger partial charge on any atom is 0.0992 e. The summed E-state index contributed by atoms with van der Waals surface area (Å²) in [7, 11) is 0. The monoisotopic (exact) mass is 252 g/mol. The zero-order valence-electron chi connectivity index (χ0n) is 10.6. The summed E-state index contributed by atoms with van der Waals surface area (Å²) in [5.41, 5.74) is 2.46. The maximum absolute atomic E-state index is 10.0. The Morgan fingerprint density at radius 2 is 1.89 bits per heavy atom. The molecule has 1 unspecified atom stereocenters. The molecule has 0 aromatic heterocycles. The Morgan fingerprint density at radius 1 is 1.11 bits per heavy atom. The molecule has 0 aliphatic carbocycles. The second-order valence-electron chi connectivity index (χ2n) is 4.33. The average Bonchev–Trinajstić information content (AvgIpc) is 2.48. The molecular formula is C16H16N2O. The topological polar surface area (TPSA) is 56.0 Å². The number of hydrogen-bond donors (Lipinski definition) is 2. The van der Waals surface area contributed by atoms with Crippen molar-refractivity contribution in [3.8, 4) is 6.07 Å². The zero-order valence-corrected chi connectivity index (χ0v) is 10.6. The van der Waals surface area contributed by atoms with E-state index in [9.17, 15) is 5.11 Å². The van der Waals surface area contributed by atoms with Crippen LogP contribution >= 0.6 is 0 Å². The van der Waals surface area contributed by atoms with E-state index in [-0.39, 0.29) is 0 Å². The molecule has 0 heterocycles. The highest BCUT2D eigenvalue weighted by Crippen LogP contribution is 2.16. The van der Waals surface area contributed by atoms with Crippen LogP contribution in [-0.4, -0.2) is 11.7 Å². The minimum atomic E-state index is -0.465. The van der Waals surface area contributed by atoms with Gasteiger partial charge in [0, 0.05) is 12.2 Å². The third-order valence-electron chi connectivity index (χ3n) is 2.92. The van der Waals surface area contributed by atoms with E-state index < -0.39 is 6.10 Å². The number of hydrogen-bond acceptors (Lipinski definition) is 3. The normalized spacial score (nSPS) is 11.6. The van der Waals surface area contributed by atoms with E-state index in [0.29, 0.717) is 18.5 Å². The number of benzene rings is 2. The number of nitrogens with one attached hydrogen (secondary N) is 1. The number of rotatable bonds is 5. The summed E-state index contributed by atoms with van der Waals surface area (Å²) >= 11 is 0. The van der Waals surface area contributed by atoms with Crippen molar-refractivity contribution >= 4 is 5.69 Å². The number of nitriles is 1. The first-order chi connectivity index (χ1) is 9.29. The molecule has 0 bridgehead atoms. The molecule has 3 heteroatoms. The van der Waals surface area contributed by atoms with E-state index in [1.54, 1.807) is 12.1 Å². The summed E-state index contributed by atoms with van der Waals surface area (Å²) in [6.45, 7) is 0.658. The Labute approximate surface area is 113 Å². The van der Waals surface area contributed by atoms with Crippen molar-refractivity contribution in [1.82, 2.24) is 0 Å². The van der Waals surface area contributed by atoms with Gasteiger partial charge in [-0.25, -0.2) is 0 Å². The van der Waals surface area contributed by atoms with Gasteiger partial charge in [0.1, 0.15) is 0 Å². The summed E-state index contributed by atoms with van der Waals surface area (Å²) in [6, 6.07) is 19.0. The fraction of sp³-hybridized carbons (Fsp3) is 0.188. The summed E-state index contributed by atoms with van der Waals surface area (Å²) in [6.07, 6.45) is 0.161. The molecule has 3 nitrogen and oxygen atoms in total. The van der Waals surface area contributed by atoms with E-state index in [4.69, 9.17) is 5.26 Å². The third kappa shape index (κ3) is 3.84. The van der Waals surface area contributed by atoms with Crippen LogP contribution in [0, 0.1) is 11.3 Å². The van der Waals surface area contributed by atoms with Gasteiger partial charge in [-0.1, -0.05) is 36.4 Å². The van der Waals surface area contributed by atoms with Crippen LogP contribution in [0.25, 0.3) is 0 Å². The molecule has 0 amide bonds. The summed E-state index contributed by atoms with van der Waals surface area (Å²) in [4.78, 5) is 0. The number of aliphatic hydroxyl groups is 1. The highest BCUT2D eigenvalue weighted by atomic mass is 16.3. The van der Waals surface area contributed by atoms with Crippen LogP contribution in [0.1, 0.15) is 23.7 Å². The first-order valence-corrected chi connectivity index (χ1v) is 6.26. The lowest BCUT2D eigenvalue weighted by atomic mass is 10.1. The van der Waals surface area contributed by atoms with Crippen molar-refractivity contribution in [2.45, 2.75) is 12.5 Å². The van der Waals surface area contributed by atoms with Gasteiger partial charge in [0.05, 0.1) is 17.7 Å². The fourth-order valence-corrected chi connectivity index (χ4v) is 1.89. The summed E-state index contributed by atoms with van der Waals surface area (Å²) in [5, 5.41) is 22.0. The molecular weight excluding hydrogens is 236 g/mol. The summed E-state index contributed by atoms with van der Waals surface area (Å²) < 4.78 is 0. The van der Waals surface area contributed by atoms with Crippen molar-refractivity contribution in [2.75, 3.05) is 11.9 Å². The second kappa shape index (κ2) is 6.58. The van der Waals surface area contributed by atoms with Crippen LogP contribution in [-0.2, 0) is 0 Å². The van der Waals surface area contributed by atoms with Gasteiger partial charge >= 0.3 is 0 Å². The molecule has 2 aromatic rings. The Hall–Kier alpha value is -2.31. The molecule has 2 rings (SSSR count). The zero-order chi connectivity index (χ0) is 13.5. The lowest BCUT2D eigenvalue weighted by molar-refractivity contribution is 0.171. The number of aliphatic hydroxyl groups excluding tert-OH is 1. The molecule has 0 aliphatic heterocycles. The van der Waals surface area contributed by atoms with Crippen molar-refractivity contribution in [3.05, 3.63) is 65.7 Å². The Morgan fingerprint density at radius 3 is 2.63 bits per heavy atom.